The van der Waals surface area contributed by atoms with Gasteiger partial charge in [0.25, 0.3) is 11.8 Å². The molecule has 4 heterocycles. The lowest BCUT2D eigenvalue weighted by Gasteiger charge is -2.33. The maximum atomic E-state index is 12.9. The molecule has 2 aromatic heterocycles. The molecule has 4 rings (SSSR count). The van der Waals surface area contributed by atoms with Crippen molar-refractivity contribution in [3.63, 3.8) is 0 Å². The summed E-state index contributed by atoms with van der Waals surface area (Å²) in [5.41, 5.74) is -1.04. The molecule has 0 saturated carbocycles. The van der Waals surface area contributed by atoms with Gasteiger partial charge in [-0.3, -0.25) is 28.8 Å². The summed E-state index contributed by atoms with van der Waals surface area (Å²) in [6, 6.07) is 4.78. The molecule has 96 heavy (non-hydrogen) atoms. The molecule has 2 fully saturated rings. The molecular formula is C65H104N8O23. The minimum absolute atomic E-state index is 0.0129. The number of carbonyl (C=O) groups excluding carboxylic acids is 10. The third-order valence-electron chi connectivity index (χ3n) is 15.6. The average Bonchev–Trinajstić information content (AvgIpc) is 1.69. The number of rotatable bonds is 56. The van der Waals surface area contributed by atoms with E-state index in [-0.39, 0.29) is 147 Å². The molecule has 0 spiro atoms. The van der Waals surface area contributed by atoms with Crippen molar-refractivity contribution in [2.75, 3.05) is 85.6 Å². The summed E-state index contributed by atoms with van der Waals surface area (Å²) >= 11 is 0. The van der Waals surface area contributed by atoms with Gasteiger partial charge in [0.15, 0.2) is 6.23 Å². The second kappa shape index (κ2) is 48.0. The topological polar surface area (TPSA) is 410 Å². The number of unbranched alkanes of at least 4 members (excludes halogenated alkanes) is 16. The summed E-state index contributed by atoms with van der Waals surface area (Å²) < 4.78 is 25.9. The standard InChI is InChI=1S/C65H104N8O23/c74-50(66-37-17-9-1-5-13-23-61(85)93-70-41-21-22-54(70)78)33-42-89-46-65(47-90-43-34-51(75)67-38-18-10-2-6-14-24-62(86)94-71-55(79)27-28-56(71)80,48-91-44-35-52(76)68-39-19-11-3-7-15-25-63(87)95-72-57(81)29-30-58(72)82)49-92-45-36-53(77)69-40-20-12-4-8-16-26-64(88)96-73-59(83)31-32-60(73)84/h27-30,59,79-83H,1-26,31-49H2,(H,66,74)(H,67,75)(H,68,76)(H,69,77). The van der Waals surface area contributed by atoms with E-state index in [1.807, 2.05) is 0 Å². The number of hydrogen-bond donors (Lipinski definition) is 9. The number of aromatic hydroxyl groups is 4. The van der Waals surface area contributed by atoms with Crippen molar-refractivity contribution >= 4 is 59.3 Å². The molecule has 31 heteroatoms. The summed E-state index contributed by atoms with van der Waals surface area (Å²) in [5, 5.41) is 62.0. The van der Waals surface area contributed by atoms with Gasteiger partial charge in [0.05, 0.1) is 64.8 Å². The van der Waals surface area contributed by atoms with E-state index in [1.165, 1.54) is 24.3 Å². The van der Waals surface area contributed by atoms with Crippen molar-refractivity contribution in [2.24, 2.45) is 5.41 Å². The van der Waals surface area contributed by atoms with Gasteiger partial charge in [0, 0.05) is 121 Å². The Kier molecular flexibility index (Phi) is 40.4. The van der Waals surface area contributed by atoms with Gasteiger partial charge in [-0.2, -0.15) is 5.06 Å². The number of amides is 6. The van der Waals surface area contributed by atoms with Crippen LogP contribution in [0.4, 0.5) is 0 Å². The number of aromatic nitrogens is 2. The van der Waals surface area contributed by atoms with E-state index in [9.17, 15) is 73.5 Å². The zero-order valence-electron chi connectivity index (χ0n) is 55.6. The molecule has 31 nitrogen and oxygen atoms in total. The monoisotopic (exact) mass is 1360 g/mol. The Morgan fingerprint density at radius 3 is 1.00 bits per heavy atom. The van der Waals surface area contributed by atoms with E-state index in [0.717, 1.165) is 93.6 Å². The zero-order valence-corrected chi connectivity index (χ0v) is 55.6. The maximum absolute atomic E-state index is 12.9. The molecule has 9 N–H and O–H groups in total. The van der Waals surface area contributed by atoms with E-state index in [2.05, 4.69) is 21.3 Å². The van der Waals surface area contributed by atoms with Gasteiger partial charge in [-0.1, -0.05) is 77.0 Å². The van der Waals surface area contributed by atoms with E-state index < -0.39 is 64.9 Å². The number of hydroxylamine groups is 4. The fourth-order valence-electron chi connectivity index (χ4n) is 10.1. The number of aliphatic hydroxyl groups is 1. The summed E-state index contributed by atoms with van der Waals surface area (Å²) in [5.74, 6) is -5.37. The third-order valence-corrected chi connectivity index (χ3v) is 15.6. The van der Waals surface area contributed by atoms with Crippen LogP contribution in [0.25, 0.3) is 0 Å². The van der Waals surface area contributed by atoms with Gasteiger partial charge in [-0.15, -0.1) is 14.5 Å². The van der Waals surface area contributed by atoms with Gasteiger partial charge in [-0.05, 0) is 57.8 Å². The van der Waals surface area contributed by atoms with Gasteiger partial charge >= 0.3 is 23.9 Å². The van der Waals surface area contributed by atoms with Crippen molar-refractivity contribution in [3.8, 4) is 23.5 Å². The van der Waals surface area contributed by atoms with Crippen molar-refractivity contribution in [2.45, 2.75) is 212 Å². The van der Waals surface area contributed by atoms with Crippen LogP contribution in [0.5, 0.6) is 23.5 Å². The van der Waals surface area contributed by atoms with E-state index in [1.54, 1.807) is 0 Å². The van der Waals surface area contributed by atoms with Crippen molar-refractivity contribution < 1.29 is 112 Å². The number of nitrogens with one attached hydrogen (secondary N) is 4. The highest BCUT2D eigenvalue weighted by Gasteiger charge is 2.34. The Bertz CT molecular complexity index is 2530. The first-order valence-electron chi connectivity index (χ1n) is 34.1. The highest BCUT2D eigenvalue weighted by atomic mass is 16.7. The SMILES string of the molecule is O=C(CCOCC(COCCC(=O)NCCCCCCCC(=O)ON1C(=O)CCC1O)(COCCC(=O)NCCCCCCCC(=O)On1c(O)ccc1O)COCCC(=O)NCCCCCCCC(=O)On1c(O)ccc1O)NCCCCCCCC(=O)ON1CCCC1=O. The van der Waals surface area contributed by atoms with Crippen LogP contribution in [-0.2, 0) is 76.6 Å². The molecule has 1 atom stereocenters. The number of carbonyl (C=O) groups is 10. The van der Waals surface area contributed by atoms with Gasteiger partial charge in [0.2, 0.25) is 47.1 Å². The molecule has 0 aromatic carbocycles. The Morgan fingerprint density at radius 2 is 0.698 bits per heavy atom. The van der Waals surface area contributed by atoms with Crippen LogP contribution in [0.15, 0.2) is 24.3 Å². The van der Waals surface area contributed by atoms with Crippen LogP contribution in [-0.4, -0.2) is 196 Å². The van der Waals surface area contributed by atoms with Crippen LogP contribution in [0.1, 0.15) is 205 Å². The number of ether oxygens (including phenoxy) is 4. The first kappa shape index (κ1) is 80.7. The second-order valence-electron chi connectivity index (χ2n) is 24.1. The average molecular weight is 1370 g/mol. The summed E-state index contributed by atoms with van der Waals surface area (Å²) in [6.07, 6.45) is 15.3. The molecule has 0 radical (unpaired) electrons. The van der Waals surface area contributed by atoms with Crippen molar-refractivity contribution in [3.05, 3.63) is 24.3 Å². The Labute approximate surface area is 560 Å². The summed E-state index contributed by atoms with van der Waals surface area (Å²) in [6.45, 7) is 2.05. The van der Waals surface area contributed by atoms with Crippen molar-refractivity contribution in [1.29, 1.82) is 0 Å². The van der Waals surface area contributed by atoms with E-state index >= 15 is 0 Å². The third kappa shape index (κ3) is 35.3. The lowest BCUT2D eigenvalue weighted by atomic mass is 9.92. The first-order valence-corrected chi connectivity index (χ1v) is 34.1. The lowest BCUT2D eigenvalue weighted by molar-refractivity contribution is -0.220. The largest absolute Gasteiger partial charge is 0.492 e. The smallest absolute Gasteiger partial charge is 0.333 e. The first-order chi connectivity index (χ1) is 46.3. The number of aliphatic hydroxyl groups excluding tert-OH is 1. The molecule has 2 aromatic rings. The minimum atomic E-state index is -1.12. The molecule has 0 bridgehead atoms. The fourth-order valence-corrected chi connectivity index (χ4v) is 10.1. The lowest BCUT2D eigenvalue weighted by Crippen LogP contribution is -2.43. The Hall–Kier alpha value is -7.74. The molecule has 6 amide bonds. The highest BCUT2D eigenvalue weighted by molar-refractivity contribution is 5.81. The fraction of sp³-hybridized carbons (Fsp3) is 0.723. The van der Waals surface area contributed by atoms with Gasteiger partial charge < -0.3 is 85.1 Å². The molecule has 2 aliphatic heterocycles. The molecule has 2 aliphatic rings. The van der Waals surface area contributed by atoms with Crippen LogP contribution >= 0.6 is 0 Å². The quantitative estimate of drug-likeness (QED) is 0.0407. The number of hydrogen-bond acceptors (Lipinski definition) is 23. The summed E-state index contributed by atoms with van der Waals surface area (Å²) in [7, 11) is 0. The molecular weight excluding hydrogens is 1260 g/mol. The Balaban J connectivity index is 1.23. The normalized spacial score (nSPS) is 13.8. The second-order valence-corrected chi connectivity index (χ2v) is 24.1. The molecule has 2 saturated heterocycles. The van der Waals surface area contributed by atoms with Gasteiger partial charge in [-0.25, -0.2) is 19.2 Å². The van der Waals surface area contributed by atoms with E-state index in [4.69, 9.17) is 38.3 Å². The molecule has 542 valence electrons. The van der Waals surface area contributed by atoms with Gasteiger partial charge in [0.1, 0.15) is 0 Å². The summed E-state index contributed by atoms with van der Waals surface area (Å²) in [4.78, 5) is 144. The van der Waals surface area contributed by atoms with Crippen LogP contribution < -0.4 is 30.9 Å². The number of nitrogens with zero attached hydrogens (tertiary/aromatic N) is 4. The minimum Gasteiger partial charge on any atom is -0.492 e. The van der Waals surface area contributed by atoms with Crippen LogP contribution in [0.3, 0.4) is 0 Å². The Morgan fingerprint density at radius 1 is 0.396 bits per heavy atom. The molecule has 1 unspecified atom stereocenters. The van der Waals surface area contributed by atoms with Crippen molar-refractivity contribution in [1.82, 2.24) is 40.9 Å². The van der Waals surface area contributed by atoms with Crippen LogP contribution in [0.2, 0.25) is 0 Å². The van der Waals surface area contributed by atoms with E-state index in [0.29, 0.717) is 100.0 Å². The predicted octanol–water partition coefficient (Wildman–Crippen LogP) is 4.64. The molecule has 0 aliphatic carbocycles. The highest BCUT2D eigenvalue weighted by Crippen LogP contribution is 2.24. The predicted molar refractivity (Wildman–Crippen MR) is 341 cm³/mol. The maximum Gasteiger partial charge on any atom is 0.333 e. The zero-order chi connectivity index (χ0) is 69.6. The van der Waals surface area contributed by atoms with Crippen LogP contribution in [0, 0.1) is 5.41 Å².